The van der Waals surface area contributed by atoms with Crippen LogP contribution in [0.1, 0.15) is 37.2 Å². The fourth-order valence-electron chi connectivity index (χ4n) is 3.47. The summed E-state index contributed by atoms with van der Waals surface area (Å²) in [6, 6.07) is 20.8. The molecule has 0 fully saturated rings. The van der Waals surface area contributed by atoms with Crippen molar-refractivity contribution in [3.8, 4) is 5.75 Å². The number of nitrogens with one attached hydrogen (secondary N) is 1. The van der Waals surface area contributed by atoms with Crippen LogP contribution in [0.15, 0.2) is 60.7 Å². The second-order valence-corrected chi connectivity index (χ2v) is 7.08. The summed E-state index contributed by atoms with van der Waals surface area (Å²) >= 11 is 6.16. The monoisotopic (exact) mass is 337 g/mol. The summed E-state index contributed by atoms with van der Waals surface area (Å²) in [4.78, 5) is 0. The third-order valence-electron chi connectivity index (χ3n) is 4.64. The highest BCUT2D eigenvalue weighted by Gasteiger charge is 2.31. The molecule has 0 spiro atoms. The predicted molar refractivity (Wildman–Crippen MR) is 99.5 cm³/mol. The van der Waals surface area contributed by atoms with Crippen molar-refractivity contribution in [2.75, 3.05) is 0 Å². The molecule has 3 heteroatoms. The summed E-state index contributed by atoms with van der Waals surface area (Å²) in [6.07, 6.45) is -0.190. The Bertz CT molecular complexity index is 890. The van der Waals surface area contributed by atoms with Gasteiger partial charge in [0.25, 0.3) is 0 Å². The van der Waals surface area contributed by atoms with Gasteiger partial charge in [-0.2, -0.15) is 0 Å². The lowest BCUT2D eigenvalue weighted by Gasteiger charge is -2.36. The van der Waals surface area contributed by atoms with Crippen molar-refractivity contribution in [3.63, 3.8) is 0 Å². The summed E-state index contributed by atoms with van der Waals surface area (Å²) in [5.41, 5.74) is 2.30. The Labute approximate surface area is 147 Å². The molecule has 1 N–H and O–H groups in total. The first kappa shape index (κ1) is 15.5. The van der Waals surface area contributed by atoms with Gasteiger partial charge in [0.15, 0.2) is 6.23 Å². The van der Waals surface area contributed by atoms with Gasteiger partial charge in [-0.15, -0.1) is 0 Å². The average molecular weight is 338 g/mol. The molecule has 0 aromatic heterocycles. The highest BCUT2D eigenvalue weighted by Crippen LogP contribution is 2.42. The zero-order valence-corrected chi connectivity index (χ0v) is 14.5. The Morgan fingerprint density at radius 1 is 1.00 bits per heavy atom. The van der Waals surface area contributed by atoms with Crippen molar-refractivity contribution in [3.05, 3.63) is 76.8 Å². The van der Waals surface area contributed by atoms with Gasteiger partial charge in [0.2, 0.25) is 0 Å². The first-order valence-electron chi connectivity index (χ1n) is 8.33. The number of ether oxygens (including phenoxy) is 1. The van der Waals surface area contributed by atoms with E-state index in [2.05, 4.69) is 55.6 Å². The molecule has 0 saturated carbocycles. The van der Waals surface area contributed by atoms with Crippen molar-refractivity contribution >= 4 is 22.4 Å². The predicted octanol–water partition coefficient (Wildman–Crippen LogP) is 5.87. The molecule has 1 aliphatic heterocycles. The van der Waals surface area contributed by atoms with Crippen molar-refractivity contribution in [1.29, 1.82) is 0 Å². The van der Waals surface area contributed by atoms with Gasteiger partial charge >= 0.3 is 0 Å². The number of hydrogen-bond donors (Lipinski definition) is 1. The van der Waals surface area contributed by atoms with Gasteiger partial charge in [0.1, 0.15) is 5.75 Å². The summed E-state index contributed by atoms with van der Waals surface area (Å²) in [5, 5.41) is 6.89. The molecule has 1 aliphatic rings. The highest BCUT2D eigenvalue weighted by atomic mass is 35.5. The minimum absolute atomic E-state index is 0.190. The Morgan fingerprint density at radius 3 is 2.62 bits per heavy atom. The van der Waals surface area contributed by atoms with Crippen molar-refractivity contribution in [2.24, 2.45) is 5.92 Å². The molecule has 24 heavy (non-hydrogen) atoms. The quantitative estimate of drug-likeness (QED) is 0.631. The van der Waals surface area contributed by atoms with Crippen LogP contribution in [0, 0.1) is 5.92 Å². The zero-order valence-electron chi connectivity index (χ0n) is 13.8. The fourth-order valence-corrected chi connectivity index (χ4v) is 3.67. The molecule has 3 aromatic carbocycles. The normalized spacial score (nSPS) is 20.0. The van der Waals surface area contributed by atoms with Gasteiger partial charge in [-0.05, 0) is 34.9 Å². The van der Waals surface area contributed by atoms with Crippen LogP contribution in [0.25, 0.3) is 10.8 Å². The molecule has 0 saturated heterocycles. The summed E-state index contributed by atoms with van der Waals surface area (Å²) in [6.45, 7) is 4.48. The highest BCUT2D eigenvalue weighted by molar-refractivity contribution is 6.30. The number of halogens is 1. The molecule has 0 radical (unpaired) electrons. The molecule has 1 heterocycles. The summed E-state index contributed by atoms with van der Waals surface area (Å²) in [7, 11) is 0. The van der Waals surface area contributed by atoms with Gasteiger partial charge in [-0.3, -0.25) is 5.32 Å². The second kappa shape index (κ2) is 6.12. The summed E-state index contributed by atoms with van der Waals surface area (Å²) < 4.78 is 6.29. The molecular formula is C21H20ClNO. The average Bonchev–Trinajstić information content (AvgIpc) is 2.60. The number of hydrogen-bond acceptors (Lipinski definition) is 2. The largest absolute Gasteiger partial charge is 0.471 e. The first-order valence-corrected chi connectivity index (χ1v) is 8.71. The number of fused-ring (bicyclic) bond motifs is 3. The van der Waals surface area contributed by atoms with Gasteiger partial charge in [0.05, 0.1) is 0 Å². The molecule has 0 amide bonds. The molecule has 122 valence electrons. The van der Waals surface area contributed by atoms with Gasteiger partial charge in [-0.25, -0.2) is 0 Å². The first-order chi connectivity index (χ1) is 11.6. The fraction of sp³-hybridized carbons (Fsp3) is 0.238. The Kier molecular flexibility index (Phi) is 3.95. The molecule has 0 unspecified atom stereocenters. The van der Waals surface area contributed by atoms with E-state index in [4.69, 9.17) is 16.3 Å². The summed E-state index contributed by atoms with van der Waals surface area (Å²) in [5.74, 6) is 1.40. The van der Waals surface area contributed by atoms with Gasteiger partial charge in [0, 0.05) is 22.2 Å². The molecule has 2 atom stereocenters. The van der Waals surface area contributed by atoms with E-state index in [9.17, 15) is 0 Å². The SMILES string of the molecule is CC(C)[C@H]1N[C@H](c2cccc(Cl)c2)Oc2ccc3ccccc3c21. The van der Waals surface area contributed by atoms with Crippen LogP contribution in [0.4, 0.5) is 0 Å². The van der Waals surface area contributed by atoms with E-state index in [0.717, 1.165) is 16.3 Å². The molecule has 0 bridgehead atoms. The van der Waals surface area contributed by atoms with E-state index in [0.29, 0.717) is 5.92 Å². The Balaban J connectivity index is 1.84. The van der Waals surface area contributed by atoms with Crippen molar-refractivity contribution in [2.45, 2.75) is 26.1 Å². The second-order valence-electron chi connectivity index (χ2n) is 6.64. The maximum atomic E-state index is 6.29. The van der Waals surface area contributed by atoms with Crippen LogP contribution in [0.2, 0.25) is 5.02 Å². The minimum Gasteiger partial charge on any atom is -0.471 e. The number of benzene rings is 3. The maximum Gasteiger partial charge on any atom is 0.177 e. The van der Waals surface area contributed by atoms with E-state index in [1.807, 2.05) is 24.3 Å². The third kappa shape index (κ3) is 2.66. The van der Waals surface area contributed by atoms with Gasteiger partial charge in [-0.1, -0.05) is 67.9 Å². The van der Waals surface area contributed by atoms with E-state index in [1.165, 1.54) is 16.3 Å². The number of rotatable bonds is 2. The van der Waals surface area contributed by atoms with E-state index in [1.54, 1.807) is 0 Å². The molecular weight excluding hydrogens is 318 g/mol. The van der Waals surface area contributed by atoms with E-state index < -0.39 is 0 Å². The molecule has 0 aliphatic carbocycles. The van der Waals surface area contributed by atoms with Crippen LogP contribution in [0.3, 0.4) is 0 Å². The Hall–Kier alpha value is -2.03. The molecule has 4 rings (SSSR count). The molecule has 2 nitrogen and oxygen atoms in total. The van der Waals surface area contributed by atoms with E-state index in [-0.39, 0.29) is 12.3 Å². The van der Waals surface area contributed by atoms with Crippen LogP contribution >= 0.6 is 11.6 Å². The topological polar surface area (TPSA) is 21.3 Å². The zero-order chi connectivity index (χ0) is 16.7. The van der Waals surface area contributed by atoms with Crippen LogP contribution < -0.4 is 10.1 Å². The third-order valence-corrected chi connectivity index (χ3v) is 4.87. The van der Waals surface area contributed by atoms with E-state index >= 15 is 0 Å². The van der Waals surface area contributed by atoms with Crippen molar-refractivity contribution in [1.82, 2.24) is 5.32 Å². The lowest BCUT2D eigenvalue weighted by Crippen LogP contribution is -2.37. The van der Waals surface area contributed by atoms with Gasteiger partial charge < -0.3 is 4.74 Å². The lowest BCUT2D eigenvalue weighted by atomic mass is 9.89. The van der Waals surface area contributed by atoms with Crippen LogP contribution in [0.5, 0.6) is 5.75 Å². The van der Waals surface area contributed by atoms with Crippen LogP contribution in [-0.2, 0) is 0 Å². The molecule has 3 aromatic rings. The van der Waals surface area contributed by atoms with Crippen molar-refractivity contribution < 1.29 is 4.74 Å². The van der Waals surface area contributed by atoms with Crippen LogP contribution in [-0.4, -0.2) is 0 Å². The standard InChI is InChI=1S/C21H20ClNO/c1-13(2)20-19-17-9-4-3-6-14(17)10-11-18(19)24-21(23-20)15-7-5-8-16(22)12-15/h3-13,20-21,23H,1-2H3/t20-,21+/m1/s1. The maximum absolute atomic E-state index is 6.29. The smallest absolute Gasteiger partial charge is 0.177 e. The Morgan fingerprint density at radius 2 is 1.83 bits per heavy atom. The minimum atomic E-state index is -0.190. The lowest BCUT2D eigenvalue weighted by molar-refractivity contribution is 0.111.